The van der Waals surface area contributed by atoms with Crippen LogP contribution in [-0.2, 0) is 4.74 Å². The lowest BCUT2D eigenvalue weighted by atomic mass is 10.2. The molecule has 1 rings (SSSR count). The number of nitrogens with one attached hydrogen (secondary N) is 1. The highest BCUT2D eigenvalue weighted by molar-refractivity contribution is 6.48. The minimum Gasteiger partial charge on any atom is -0.391 e. The van der Waals surface area contributed by atoms with Gasteiger partial charge in [0.05, 0.1) is 27.8 Å². The van der Waals surface area contributed by atoms with Crippen molar-refractivity contribution in [1.82, 2.24) is 10.3 Å². The standard InChI is InChI=1S/C11H13Cl3N2O3/c1-19-5-6(17)2-3-15-11(18)10-9(14)8(13)7(12)4-16-10/h4,6,17H,2-3,5H2,1H3,(H,15,18). The van der Waals surface area contributed by atoms with Crippen LogP contribution in [0.5, 0.6) is 0 Å². The van der Waals surface area contributed by atoms with E-state index in [9.17, 15) is 9.90 Å². The van der Waals surface area contributed by atoms with Crippen LogP contribution >= 0.6 is 34.8 Å². The number of nitrogens with zero attached hydrogens (tertiary/aromatic N) is 1. The zero-order valence-corrected chi connectivity index (χ0v) is 12.4. The third-order valence-electron chi connectivity index (χ3n) is 2.25. The summed E-state index contributed by atoms with van der Waals surface area (Å²) in [5.41, 5.74) is -0.00250. The lowest BCUT2D eigenvalue weighted by Crippen LogP contribution is -2.29. The molecule has 0 bridgehead atoms. The molecule has 1 amide bonds. The number of halogens is 3. The average Bonchev–Trinajstić information content (AvgIpc) is 2.36. The van der Waals surface area contributed by atoms with E-state index in [4.69, 9.17) is 39.5 Å². The molecule has 0 fully saturated rings. The summed E-state index contributed by atoms with van der Waals surface area (Å²) in [4.78, 5) is 15.6. The lowest BCUT2D eigenvalue weighted by molar-refractivity contribution is 0.0587. The highest BCUT2D eigenvalue weighted by atomic mass is 35.5. The Morgan fingerprint density at radius 2 is 2.16 bits per heavy atom. The minimum atomic E-state index is -0.637. The number of aliphatic hydroxyl groups is 1. The van der Waals surface area contributed by atoms with E-state index in [1.165, 1.54) is 13.3 Å². The van der Waals surface area contributed by atoms with Crippen LogP contribution in [0, 0.1) is 0 Å². The van der Waals surface area contributed by atoms with Gasteiger partial charge in [-0.05, 0) is 6.42 Å². The van der Waals surface area contributed by atoms with Gasteiger partial charge in [-0.25, -0.2) is 4.98 Å². The van der Waals surface area contributed by atoms with Crippen molar-refractivity contribution in [3.05, 3.63) is 27.0 Å². The SMILES string of the molecule is COCC(O)CCNC(=O)c1ncc(Cl)c(Cl)c1Cl. The van der Waals surface area contributed by atoms with Crippen molar-refractivity contribution in [2.45, 2.75) is 12.5 Å². The number of amides is 1. The van der Waals surface area contributed by atoms with E-state index in [0.717, 1.165) is 0 Å². The van der Waals surface area contributed by atoms with Crippen LogP contribution in [0.25, 0.3) is 0 Å². The number of ether oxygens (including phenoxy) is 1. The maximum Gasteiger partial charge on any atom is 0.271 e. The maximum absolute atomic E-state index is 11.8. The molecule has 1 unspecified atom stereocenters. The summed E-state index contributed by atoms with van der Waals surface area (Å²) in [6.45, 7) is 0.475. The van der Waals surface area contributed by atoms with Gasteiger partial charge < -0.3 is 15.2 Å². The van der Waals surface area contributed by atoms with Crippen LogP contribution in [0.15, 0.2) is 6.20 Å². The molecule has 1 aromatic heterocycles. The molecule has 2 N–H and O–H groups in total. The van der Waals surface area contributed by atoms with Crippen molar-refractivity contribution in [1.29, 1.82) is 0 Å². The molecule has 0 saturated heterocycles. The highest BCUT2D eigenvalue weighted by Crippen LogP contribution is 2.30. The second-order valence-corrected chi connectivity index (χ2v) is 4.90. The highest BCUT2D eigenvalue weighted by Gasteiger charge is 2.16. The number of hydrogen-bond donors (Lipinski definition) is 2. The second-order valence-electron chi connectivity index (χ2n) is 3.74. The average molecular weight is 328 g/mol. The van der Waals surface area contributed by atoms with Gasteiger partial charge in [-0.1, -0.05) is 34.8 Å². The van der Waals surface area contributed by atoms with Crippen molar-refractivity contribution >= 4 is 40.7 Å². The van der Waals surface area contributed by atoms with Crippen molar-refractivity contribution in [3.63, 3.8) is 0 Å². The summed E-state index contributed by atoms with van der Waals surface area (Å²) < 4.78 is 4.77. The van der Waals surface area contributed by atoms with Gasteiger partial charge in [0, 0.05) is 19.9 Å². The van der Waals surface area contributed by atoms with E-state index in [0.29, 0.717) is 6.42 Å². The molecule has 1 atom stereocenters. The topological polar surface area (TPSA) is 71.5 Å². The number of carbonyl (C=O) groups is 1. The van der Waals surface area contributed by atoms with Crippen LogP contribution in [0.1, 0.15) is 16.9 Å². The van der Waals surface area contributed by atoms with Crippen LogP contribution in [0.3, 0.4) is 0 Å². The first-order valence-electron chi connectivity index (χ1n) is 5.42. The molecule has 106 valence electrons. The van der Waals surface area contributed by atoms with Crippen molar-refractivity contribution in [3.8, 4) is 0 Å². The first-order chi connectivity index (χ1) is 8.97. The summed E-state index contributed by atoms with van der Waals surface area (Å²) in [6.07, 6.45) is 0.978. The van der Waals surface area contributed by atoms with Gasteiger partial charge in [-0.15, -0.1) is 0 Å². The van der Waals surface area contributed by atoms with Crippen LogP contribution < -0.4 is 5.32 Å². The van der Waals surface area contributed by atoms with E-state index in [-0.39, 0.29) is 33.9 Å². The summed E-state index contributed by atoms with van der Waals surface area (Å²) in [5.74, 6) is -0.479. The first-order valence-corrected chi connectivity index (χ1v) is 6.55. The number of aliphatic hydroxyl groups excluding tert-OH is 1. The lowest BCUT2D eigenvalue weighted by Gasteiger charge is -2.10. The van der Waals surface area contributed by atoms with Crippen LogP contribution in [0.2, 0.25) is 15.1 Å². The predicted molar refractivity (Wildman–Crippen MR) is 74.1 cm³/mol. The largest absolute Gasteiger partial charge is 0.391 e. The Morgan fingerprint density at radius 1 is 1.47 bits per heavy atom. The zero-order chi connectivity index (χ0) is 14.4. The summed E-state index contributed by atoms with van der Waals surface area (Å²) in [7, 11) is 1.49. The van der Waals surface area contributed by atoms with Gasteiger partial charge in [0.15, 0.2) is 0 Å². The normalized spacial score (nSPS) is 12.3. The Morgan fingerprint density at radius 3 is 2.79 bits per heavy atom. The van der Waals surface area contributed by atoms with E-state index in [1.807, 2.05) is 0 Å². The fourth-order valence-corrected chi connectivity index (χ4v) is 1.88. The third-order valence-corrected chi connectivity index (χ3v) is 3.50. The molecule has 0 aromatic carbocycles. The molecule has 0 aliphatic rings. The van der Waals surface area contributed by atoms with E-state index in [1.54, 1.807) is 0 Å². The Hall–Kier alpha value is -0.590. The summed E-state index contributed by atoms with van der Waals surface area (Å²) in [6, 6.07) is 0. The Labute approximate surface area is 125 Å². The Balaban J connectivity index is 2.57. The van der Waals surface area contributed by atoms with Gasteiger partial charge in [0.25, 0.3) is 5.91 Å². The molecule has 19 heavy (non-hydrogen) atoms. The van der Waals surface area contributed by atoms with E-state index in [2.05, 4.69) is 10.3 Å². The number of methoxy groups -OCH3 is 1. The van der Waals surface area contributed by atoms with Gasteiger partial charge >= 0.3 is 0 Å². The molecule has 5 nitrogen and oxygen atoms in total. The number of carbonyl (C=O) groups excluding carboxylic acids is 1. The van der Waals surface area contributed by atoms with Gasteiger partial charge in [-0.2, -0.15) is 0 Å². The molecular weight excluding hydrogens is 314 g/mol. The molecule has 0 aliphatic heterocycles. The van der Waals surface area contributed by atoms with Gasteiger partial charge in [-0.3, -0.25) is 4.79 Å². The van der Waals surface area contributed by atoms with Gasteiger partial charge in [0.2, 0.25) is 0 Å². The van der Waals surface area contributed by atoms with Crippen molar-refractivity contribution in [2.75, 3.05) is 20.3 Å². The number of aromatic nitrogens is 1. The number of hydrogen-bond acceptors (Lipinski definition) is 4. The quantitative estimate of drug-likeness (QED) is 0.840. The fraction of sp³-hybridized carbons (Fsp3) is 0.455. The number of pyridine rings is 1. The van der Waals surface area contributed by atoms with Crippen LogP contribution in [0.4, 0.5) is 0 Å². The van der Waals surface area contributed by atoms with Gasteiger partial charge in [0.1, 0.15) is 5.69 Å². The minimum absolute atomic E-state index is 0.00250. The molecular formula is C11H13Cl3N2O3. The smallest absolute Gasteiger partial charge is 0.271 e. The van der Waals surface area contributed by atoms with E-state index >= 15 is 0 Å². The fourth-order valence-electron chi connectivity index (χ4n) is 1.31. The summed E-state index contributed by atoms with van der Waals surface area (Å²) in [5, 5.41) is 12.3. The maximum atomic E-state index is 11.8. The molecule has 1 heterocycles. The molecule has 0 saturated carbocycles. The van der Waals surface area contributed by atoms with Crippen LogP contribution in [-0.4, -0.2) is 42.4 Å². The molecule has 1 aromatic rings. The predicted octanol–water partition coefficient (Wildman–Crippen LogP) is 2.17. The Kier molecular flexibility index (Phi) is 6.82. The zero-order valence-electron chi connectivity index (χ0n) is 10.1. The molecule has 8 heteroatoms. The molecule has 0 aliphatic carbocycles. The molecule has 0 spiro atoms. The van der Waals surface area contributed by atoms with Crippen molar-refractivity contribution in [2.24, 2.45) is 0 Å². The summed E-state index contributed by atoms with van der Waals surface area (Å²) >= 11 is 17.4. The number of rotatable bonds is 6. The van der Waals surface area contributed by atoms with Crippen molar-refractivity contribution < 1.29 is 14.6 Å². The monoisotopic (exact) mass is 326 g/mol. The first kappa shape index (κ1) is 16.5. The Bertz CT molecular complexity index is 457. The second kappa shape index (κ2) is 7.87. The molecule has 0 radical (unpaired) electrons. The third kappa shape index (κ3) is 4.78. The van der Waals surface area contributed by atoms with E-state index < -0.39 is 12.0 Å².